The molecule has 7 nitrogen and oxygen atoms in total. The van der Waals surface area contributed by atoms with Crippen molar-refractivity contribution >= 4 is 37.2 Å². The first-order valence-electron chi connectivity index (χ1n) is 18.6. The summed E-state index contributed by atoms with van der Waals surface area (Å²) in [4.78, 5) is 20.6. The lowest BCUT2D eigenvalue weighted by Crippen LogP contribution is -2.30. The molecule has 46 heavy (non-hydrogen) atoms. The molecular formula is C37H74O7S2. The molecule has 2 atom stereocenters. The SMILES string of the molecule is CCCCCCCC/C=C\CCCCCCCC(=O)O.CCCCCCCCCCCCCCCC(=O)O.OC(S)C(O)C(O)S. The molecule has 9 heteroatoms. The first-order chi connectivity index (χ1) is 22.1. The Kier molecular flexibility index (Phi) is 45.6. The van der Waals surface area contributed by atoms with E-state index in [0.29, 0.717) is 12.8 Å². The zero-order chi connectivity index (χ0) is 35.1. The first-order valence-corrected chi connectivity index (χ1v) is 19.6. The molecule has 0 aromatic rings. The van der Waals surface area contributed by atoms with Crippen molar-refractivity contribution in [2.45, 2.75) is 211 Å². The van der Waals surface area contributed by atoms with Crippen LogP contribution in [0.3, 0.4) is 0 Å². The second-order valence-electron chi connectivity index (χ2n) is 12.4. The predicted octanol–water partition coefficient (Wildman–Crippen LogP) is 10.5. The van der Waals surface area contributed by atoms with Gasteiger partial charge in [0.05, 0.1) is 0 Å². The summed E-state index contributed by atoms with van der Waals surface area (Å²) < 4.78 is 0. The molecule has 0 fully saturated rings. The summed E-state index contributed by atoms with van der Waals surface area (Å²) in [5, 5.41) is 42.3. The summed E-state index contributed by atoms with van der Waals surface area (Å²) in [7, 11) is 0. The summed E-state index contributed by atoms with van der Waals surface area (Å²) in [5.74, 6) is -1.32. The van der Waals surface area contributed by atoms with Gasteiger partial charge in [0.1, 0.15) is 17.0 Å². The van der Waals surface area contributed by atoms with E-state index in [0.717, 1.165) is 25.7 Å². The number of carboxylic acid groups (broad SMARTS) is 2. The number of carboxylic acids is 2. The number of thiol groups is 2. The third-order valence-electron chi connectivity index (χ3n) is 7.76. The number of hydrogen-bond donors (Lipinski definition) is 7. The van der Waals surface area contributed by atoms with Gasteiger partial charge in [-0.15, -0.1) is 25.3 Å². The molecule has 0 aliphatic heterocycles. The largest absolute Gasteiger partial charge is 0.481 e. The first kappa shape index (κ1) is 49.6. The fourth-order valence-electron chi connectivity index (χ4n) is 4.79. The maximum Gasteiger partial charge on any atom is 0.303 e. The molecule has 2 unspecified atom stereocenters. The van der Waals surface area contributed by atoms with Gasteiger partial charge in [-0.3, -0.25) is 9.59 Å². The molecule has 276 valence electrons. The van der Waals surface area contributed by atoms with Gasteiger partial charge in [-0.2, -0.15) is 0 Å². The van der Waals surface area contributed by atoms with Crippen LogP contribution in [0.2, 0.25) is 0 Å². The zero-order valence-corrected chi connectivity index (χ0v) is 31.4. The Labute approximate surface area is 294 Å². The van der Waals surface area contributed by atoms with Gasteiger partial charge >= 0.3 is 11.9 Å². The maximum atomic E-state index is 10.3. The van der Waals surface area contributed by atoms with Gasteiger partial charge in [0, 0.05) is 12.8 Å². The third kappa shape index (κ3) is 50.1. The number of rotatable bonds is 31. The molecule has 0 saturated carbocycles. The number of unbranched alkanes of at least 4 members (excludes halogenated alkanes) is 23. The standard InChI is InChI=1S/C18H34O2.C16H32O2.C3H8O3S2/c1-2-3-4-5-6-7-8-9-10-11-12-13-14-15-16-17-18(19)20;1-2-3-4-5-6-7-8-9-10-11-12-13-14-15-16(17)18;4-1(2(5)7)3(6)8/h9-10H,2-8,11-17H2,1H3,(H,19,20);2-15H2,1H3,(H,17,18);1-8H/b10-9-;;. The van der Waals surface area contributed by atoms with E-state index < -0.39 is 28.9 Å². The van der Waals surface area contributed by atoms with E-state index in [-0.39, 0.29) is 0 Å². The molecule has 0 radical (unpaired) electrons. The number of aliphatic carboxylic acids is 2. The highest BCUT2D eigenvalue weighted by atomic mass is 32.1. The van der Waals surface area contributed by atoms with Gasteiger partial charge in [0.25, 0.3) is 0 Å². The zero-order valence-electron chi connectivity index (χ0n) is 29.6. The lowest BCUT2D eigenvalue weighted by Gasteiger charge is -2.13. The highest BCUT2D eigenvalue weighted by Gasteiger charge is 2.17. The van der Waals surface area contributed by atoms with Gasteiger partial charge in [0.2, 0.25) is 0 Å². The van der Waals surface area contributed by atoms with Crippen molar-refractivity contribution in [2.75, 3.05) is 0 Å². The predicted molar refractivity (Wildman–Crippen MR) is 201 cm³/mol. The van der Waals surface area contributed by atoms with E-state index in [1.54, 1.807) is 0 Å². The fraction of sp³-hybridized carbons (Fsp3) is 0.892. The average molecular weight is 695 g/mol. The smallest absolute Gasteiger partial charge is 0.303 e. The Morgan fingerprint density at radius 1 is 0.457 bits per heavy atom. The Morgan fingerprint density at radius 3 is 0.913 bits per heavy atom. The summed E-state index contributed by atoms with van der Waals surface area (Å²) in [6, 6.07) is 0. The van der Waals surface area contributed by atoms with E-state index in [9.17, 15) is 9.59 Å². The molecule has 0 bridgehead atoms. The van der Waals surface area contributed by atoms with E-state index in [1.165, 1.54) is 141 Å². The quantitative estimate of drug-likeness (QED) is 0.0166. The van der Waals surface area contributed by atoms with Crippen molar-refractivity contribution in [3.8, 4) is 0 Å². The molecule has 0 spiro atoms. The van der Waals surface area contributed by atoms with Gasteiger partial charge in [-0.25, -0.2) is 0 Å². The van der Waals surface area contributed by atoms with Crippen molar-refractivity contribution in [3.63, 3.8) is 0 Å². The Balaban J connectivity index is -0.000000655. The molecule has 0 rings (SSSR count). The van der Waals surface area contributed by atoms with E-state index in [1.807, 2.05) is 0 Å². The highest BCUT2D eigenvalue weighted by Crippen LogP contribution is 2.13. The van der Waals surface area contributed by atoms with E-state index in [4.69, 9.17) is 25.5 Å². The average Bonchev–Trinajstić information content (AvgIpc) is 3.01. The monoisotopic (exact) mass is 694 g/mol. The highest BCUT2D eigenvalue weighted by molar-refractivity contribution is 7.81. The molecule has 0 aliphatic rings. The minimum atomic E-state index is -1.29. The van der Waals surface area contributed by atoms with Crippen molar-refractivity contribution in [1.29, 1.82) is 0 Å². The number of aliphatic hydroxyl groups excluding tert-OH is 3. The van der Waals surface area contributed by atoms with E-state index in [2.05, 4.69) is 51.3 Å². The van der Waals surface area contributed by atoms with E-state index >= 15 is 0 Å². The normalized spacial score (nSPS) is 12.9. The van der Waals surface area contributed by atoms with Crippen LogP contribution in [-0.2, 0) is 9.59 Å². The second-order valence-corrected chi connectivity index (χ2v) is 13.5. The number of allylic oxidation sites excluding steroid dienone is 2. The topological polar surface area (TPSA) is 135 Å². The summed E-state index contributed by atoms with van der Waals surface area (Å²) in [6.07, 6.45) is 37.2. The van der Waals surface area contributed by atoms with Crippen LogP contribution in [0.15, 0.2) is 12.2 Å². The van der Waals surface area contributed by atoms with Crippen LogP contribution in [0.1, 0.15) is 194 Å². The van der Waals surface area contributed by atoms with Crippen molar-refractivity contribution in [3.05, 3.63) is 12.2 Å². The Bertz CT molecular complexity index is 637. The fourth-order valence-corrected chi connectivity index (χ4v) is 5.26. The summed E-state index contributed by atoms with van der Waals surface area (Å²) in [6.45, 7) is 4.52. The summed E-state index contributed by atoms with van der Waals surface area (Å²) in [5.41, 5.74) is -2.47. The van der Waals surface area contributed by atoms with Crippen LogP contribution in [0.5, 0.6) is 0 Å². The third-order valence-corrected chi connectivity index (χ3v) is 8.37. The summed E-state index contributed by atoms with van der Waals surface area (Å²) >= 11 is 6.86. The molecule has 0 amide bonds. The van der Waals surface area contributed by atoms with Gasteiger partial charge < -0.3 is 25.5 Å². The molecular weight excluding hydrogens is 621 g/mol. The lowest BCUT2D eigenvalue weighted by molar-refractivity contribution is -0.138. The number of hydrogen-bond acceptors (Lipinski definition) is 7. The van der Waals surface area contributed by atoms with Crippen LogP contribution < -0.4 is 0 Å². The molecule has 0 heterocycles. The second kappa shape index (κ2) is 42.3. The van der Waals surface area contributed by atoms with Crippen molar-refractivity contribution in [2.24, 2.45) is 0 Å². The molecule has 0 saturated heterocycles. The van der Waals surface area contributed by atoms with Crippen LogP contribution in [-0.4, -0.2) is 54.4 Å². The molecule has 0 aromatic heterocycles. The van der Waals surface area contributed by atoms with Crippen molar-refractivity contribution in [1.82, 2.24) is 0 Å². The van der Waals surface area contributed by atoms with Crippen LogP contribution >= 0.6 is 25.3 Å². The number of aliphatic hydroxyl groups is 3. The number of carbonyl (C=O) groups is 2. The Hall–Kier alpha value is -0.740. The van der Waals surface area contributed by atoms with Gasteiger partial charge in [-0.1, -0.05) is 154 Å². The van der Waals surface area contributed by atoms with Crippen molar-refractivity contribution < 1.29 is 35.1 Å². The minimum Gasteiger partial charge on any atom is -0.481 e. The van der Waals surface area contributed by atoms with Gasteiger partial charge in [-0.05, 0) is 38.5 Å². The lowest BCUT2D eigenvalue weighted by atomic mass is 10.0. The molecule has 0 aliphatic carbocycles. The maximum absolute atomic E-state index is 10.3. The van der Waals surface area contributed by atoms with Crippen LogP contribution in [0.4, 0.5) is 0 Å². The molecule has 0 aromatic carbocycles. The minimum absolute atomic E-state index is 0.332. The van der Waals surface area contributed by atoms with Crippen LogP contribution in [0, 0.1) is 0 Å². The molecule has 5 N–H and O–H groups in total. The van der Waals surface area contributed by atoms with Gasteiger partial charge in [0.15, 0.2) is 0 Å². The van der Waals surface area contributed by atoms with Crippen LogP contribution in [0.25, 0.3) is 0 Å². The Morgan fingerprint density at radius 2 is 0.696 bits per heavy atom.